The number of benzene rings is 1. The van der Waals surface area contributed by atoms with E-state index in [1.807, 2.05) is 24.3 Å². The molecular formula is C20H24OS. The summed E-state index contributed by atoms with van der Waals surface area (Å²) in [6.07, 6.45) is 7.18. The summed E-state index contributed by atoms with van der Waals surface area (Å²) in [6, 6.07) is 6.27. The minimum Gasteiger partial charge on any atom is -0.294 e. The van der Waals surface area contributed by atoms with Crippen LogP contribution in [-0.2, 0) is 0 Å². The Morgan fingerprint density at radius 1 is 1.18 bits per heavy atom. The highest BCUT2D eigenvalue weighted by Gasteiger charge is 2.18. The molecule has 0 fully saturated rings. The molecule has 1 aliphatic carbocycles. The lowest BCUT2D eigenvalue weighted by atomic mass is 9.87. The molecule has 0 radical (unpaired) electrons. The summed E-state index contributed by atoms with van der Waals surface area (Å²) in [5, 5.41) is 0. The van der Waals surface area contributed by atoms with Crippen molar-refractivity contribution in [3.63, 3.8) is 0 Å². The fourth-order valence-corrected chi connectivity index (χ4v) is 2.92. The topological polar surface area (TPSA) is 17.1 Å². The number of Topliss-reactive ketones (excluding diaryl/α,β-unsaturated/α-hetero) is 1. The van der Waals surface area contributed by atoms with Gasteiger partial charge in [0.2, 0.25) is 0 Å². The molecule has 22 heavy (non-hydrogen) atoms. The summed E-state index contributed by atoms with van der Waals surface area (Å²) in [5.41, 5.74) is 4.27. The first-order valence-electron chi connectivity index (χ1n) is 7.96. The zero-order valence-corrected chi connectivity index (χ0v) is 14.7. The van der Waals surface area contributed by atoms with Crippen molar-refractivity contribution in [2.75, 3.05) is 0 Å². The van der Waals surface area contributed by atoms with E-state index >= 15 is 0 Å². The van der Waals surface area contributed by atoms with E-state index in [1.54, 1.807) is 0 Å². The average Bonchev–Trinajstić information content (AvgIpc) is 2.48. The third-order valence-corrected chi connectivity index (χ3v) is 4.54. The maximum atomic E-state index is 12.7. The second-order valence-electron chi connectivity index (χ2n) is 6.50. The number of thiocarbonyl (C=S) groups is 1. The van der Waals surface area contributed by atoms with Gasteiger partial charge in [-0.1, -0.05) is 76.3 Å². The molecule has 1 aromatic carbocycles. The Hall–Kier alpha value is -1.54. The first kappa shape index (κ1) is 16.8. The van der Waals surface area contributed by atoms with Crippen LogP contribution in [0.15, 0.2) is 42.0 Å². The predicted octanol–water partition coefficient (Wildman–Crippen LogP) is 5.76. The standard InChI is InChI=1S/C20H24OS/c1-13(2)15-9-10-17(18(11-15)14(3)4)19(21)12-16-7-5-6-8-20(16)22/h5-7,9-11,13-14H,8,12H2,1-4H3. The van der Waals surface area contributed by atoms with E-state index in [0.29, 0.717) is 18.3 Å². The van der Waals surface area contributed by atoms with Crippen LogP contribution in [0.1, 0.15) is 73.9 Å². The summed E-state index contributed by atoms with van der Waals surface area (Å²) in [6.45, 7) is 8.64. The SMILES string of the molecule is CC(C)c1ccc(C(=O)CC2=CC=CCC2=S)c(C(C)C)c1. The van der Waals surface area contributed by atoms with E-state index in [0.717, 1.165) is 28.0 Å². The summed E-state index contributed by atoms with van der Waals surface area (Å²) in [4.78, 5) is 13.6. The number of allylic oxidation sites excluding steroid dienone is 4. The summed E-state index contributed by atoms with van der Waals surface area (Å²) >= 11 is 5.36. The first-order chi connectivity index (χ1) is 10.4. The number of hydrogen-bond donors (Lipinski definition) is 0. The van der Waals surface area contributed by atoms with Crippen molar-refractivity contribution in [3.05, 3.63) is 58.7 Å². The predicted molar refractivity (Wildman–Crippen MR) is 98.0 cm³/mol. The van der Waals surface area contributed by atoms with Gasteiger partial charge in [0.15, 0.2) is 5.78 Å². The highest BCUT2D eigenvalue weighted by atomic mass is 32.1. The van der Waals surface area contributed by atoms with Gasteiger partial charge >= 0.3 is 0 Å². The van der Waals surface area contributed by atoms with Crippen molar-refractivity contribution in [2.45, 2.75) is 52.4 Å². The van der Waals surface area contributed by atoms with Gasteiger partial charge in [0.1, 0.15) is 0 Å². The summed E-state index contributed by atoms with van der Waals surface area (Å²) in [5.74, 6) is 0.980. The molecule has 2 rings (SSSR count). The molecular weight excluding hydrogens is 288 g/mol. The molecule has 1 aliphatic rings. The summed E-state index contributed by atoms with van der Waals surface area (Å²) < 4.78 is 0. The smallest absolute Gasteiger partial charge is 0.167 e. The monoisotopic (exact) mass is 312 g/mol. The molecule has 0 heterocycles. The van der Waals surface area contributed by atoms with E-state index in [2.05, 4.69) is 39.8 Å². The molecule has 0 saturated carbocycles. The van der Waals surface area contributed by atoms with E-state index < -0.39 is 0 Å². The Labute approximate surface area is 139 Å². The number of carbonyl (C=O) groups is 1. The molecule has 0 amide bonds. The van der Waals surface area contributed by atoms with Crippen LogP contribution in [0.2, 0.25) is 0 Å². The molecule has 0 aromatic heterocycles. The van der Waals surface area contributed by atoms with Crippen molar-refractivity contribution in [1.82, 2.24) is 0 Å². The third-order valence-electron chi connectivity index (χ3n) is 4.11. The quantitative estimate of drug-likeness (QED) is 0.507. The molecule has 2 heteroatoms. The second kappa shape index (κ2) is 7.15. The molecule has 1 aromatic rings. The first-order valence-corrected chi connectivity index (χ1v) is 8.37. The van der Waals surface area contributed by atoms with Crippen LogP contribution in [0, 0.1) is 0 Å². The lowest BCUT2D eigenvalue weighted by molar-refractivity contribution is 0.0993. The number of hydrogen-bond acceptors (Lipinski definition) is 2. The van der Waals surface area contributed by atoms with E-state index in [9.17, 15) is 4.79 Å². The third kappa shape index (κ3) is 3.80. The minimum absolute atomic E-state index is 0.169. The Kier molecular flexibility index (Phi) is 5.47. The van der Waals surface area contributed by atoms with Gasteiger partial charge in [0, 0.05) is 23.3 Å². The molecule has 116 valence electrons. The van der Waals surface area contributed by atoms with E-state index in [4.69, 9.17) is 12.2 Å². The van der Waals surface area contributed by atoms with Gasteiger partial charge < -0.3 is 0 Å². The molecule has 0 unspecified atom stereocenters. The van der Waals surface area contributed by atoms with Crippen molar-refractivity contribution in [1.29, 1.82) is 0 Å². The zero-order chi connectivity index (χ0) is 16.3. The van der Waals surface area contributed by atoms with Gasteiger partial charge in [-0.2, -0.15) is 0 Å². The highest BCUT2D eigenvalue weighted by molar-refractivity contribution is 7.80. The van der Waals surface area contributed by atoms with Gasteiger partial charge in [-0.25, -0.2) is 0 Å². The lowest BCUT2D eigenvalue weighted by Gasteiger charge is -2.17. The number of rotatable bonds is 5. The summed E-state index contributed by atoms with van der Waals surface area (Å²) in [7, 11) is 0. The molecule has 0 saturated heterocycles. The van der Waals surface area contributed by atoms with Crippen molar-refractivity contribution in [3.8, 4) is 0 Å². The molecule has 1 nitrogen and oxygen atoms in total. The van der Waals surface area contributed by atoms with Crippen LogP contribution in [0.4, 0.5) is 0 Å². The Morgan fingerprint density at radius 3 is 2.50 bits per heavy atom. The van der Waals surface area contributed by atoms with Crippen molar-refractivity contribution < 1.29 is 4.79 Å². The zero-order valence-electron chi connectivity index (χ0n) is 13.8. The minimum atomic E-state index is 0.169. The molecule has 0 bridgehead atoms. The van der Waals surface area contributed by atoms with Crippen molar-refractivity contribution in [2.24, 2.45) is 0 Å². The van der Waals surface area contributed by atoms with Crippen LogP contribution >= 0.6 is 12.2 Å². The van der Waals surface area contributed by atoms with Crippen LogP contribution in [0.3, 0.4) is 0 Å². The second-order valence-corrected chi connectivity index (χ2v) is 7.00. The van der Waals surface area contributed by atoms with Gasteiger partial charge in [0.05, 0.1) is 0 Å². The van der Waals surface area contributed by atoms with Crippen LogP contribution in [-0.4, -0.2) is 10.6 Å². The fourth-order valence-electron chi connectivity index (χ4n) is 2.68. The van der Waals surface area contributed by atoms with Gasteiger partial charge in [0.25, 0.3) is 0 Å². The van der Waals surface area contributed by atoms with Gasteiger partial charge in [-0.05, 0) is 28.5 Å². The lowest BCUT2D eigenvalue weighted by Crippen LogP contribution is -2.11. The largest absolute Gasteiger partial charge is 0.294 e. The average molecular weight is 312 g/mol. The van der Waals surface area contributed by atoms with Crippen molar-refractivity contribution >= 4 is 22.9 Å². The van der Waals surface area contributed by atoms with E-state index in [-0.39, 0.29) is 5.78 Å². The molecule has 0 spiro atoms. The Morgan fingerprint density at radius 2 is 1.91 bits per heavy atom. The highest BCUT2D eigenvalue weighted by Crippen LogP contribution is 2.27. The molecule has 0 aliphatic heterocycles. The maximum absolute atomic E-state index is 12.7. The normalized spacial score (nSPS) is 14.6. The van der Waals surface area contributed by atoms with Crippen LogP contribution in [0.25, 0.3) is 0 Å². The Balaban J connectivity index is 2.31. The van der Waals surface area contributed by atoms with Gasteiger partial charge in [-0.15, -0.1) is 0 Å². The maximum Gasteiger partial charge on any atom is 0.167 e. The number of ketones is 1. The van der Waals surface area contributed by atoms with Crippen LogP contribution in [0.5, 0.6) is 0 Å². The number of carbonyl (C=O) groups excluding carboxylic acids is 1. The van der Waals surface area contributed by atoms with Crippen LogP contribution < -0.4 is 0 Å². The Bertz CT molecular complexity index is 648. The van der Waals surface area contributed by atoms with E-state index in [1.165, 1.54) is 5.56 Å². The van der Waals surface area contributed by atoms with Gasteiger partial charge in [-0.3, -0.25) is 4.79 Å². The fraction of sp³-hybridized carbons (Fsp3) is 0.400. The molecule has 0 N–H and O–H groups in total. The molecule has 0 atom stereocenters.